The molecule has 0 radical (unpaired) electrons. The van der Waals surface area contributed by atoms with Gasteiger partial charge in [0.25, 0.3) is 5.91 Å². The van der Waals surface area contributed by atoms with Crippen LogP contribution in [0.4, 0.5) is 0 Å². The summed E-state index contributed by atoms with van der Waals surface area (Å²) in [7, 11) is 0. The third-order valence-corrected chi connectivity index (χ3v) is 3.94. The van der Waals surface area contributed by atoms with Gasteiger partial charge in [-0.3, -0.25) is 4.79 Å². The van der Waals surface area contributed by atoms with Gasteiger partial charge >= 0.3 is 0 Å². The van der Waals surface area contributed by atoms with E-state index in [9.17, 15) is 9.90 Å². The lowest BCUT2D eigenvalue weighted by Crippen LogP contribution is -2.25. The van der Waals surface area contributed by atoms with Crippen molar-refractivity contribution in [2.24, 2.45) is 5.10 Å². The van der Waals surface area contributed by atoms with Gasteiger partial charge in [0.2, 0.25) is 0 Å². The van der Waals surface area contributed by atoms with Crippen molar-refractivity contribution >= 4 is 11.6 Å². The smallest absolute Gasteiger partial charge is 0.277 e. The standard InChI is InChI=1S/C22H20N2O3/c1-16(18-10-7-11-19(25)14-18)23-24-22(26)15-27-21-13-6-5-12-20(21)17-8-3-2-4-9-17/h2-14,25H,15H2,1H3,(H,24,26)/b23-16-. The molecular formula is C22H20N2O3. The molecule has 3 aromatic rings. The second-order valence-electron chi connectivity index (χ2n) is 5.93. The lowest BCUT2D eigenvalue weighted by atomic mass is 10.1. The lowest BCUT2D eigenvalue weighted by Gasteiger charge is -2.11. The van der Waals surface area contributed by atoms with Crippen molar-refractivity contribution < 1.29 is 14.6 Å². The molecule has 0 aliphatic heterocycles. The molecule has 27 heavy (non-hydrogen) atoms. The van der Waals surface area contributed by atoms with Gasteiger partial charge in [-0.25, -0.2) is 5.43 Å². The largest absolute Gasteiger partial charge is 0.508 e. The molecule has 0 aliphatic rings. The molecule has 1 amide bonds. The van der Waals surface area contributed by atoms with Crippen molar-refractivity contribution in [1.29, 1.82) is 0 Å². The fraction of sp³-hybridized carbons (Fsp3) is 0.0909. The normalized spacial score (nSPS) is 11.1. The van der Waals surface area contributed by atoms with Crippen molar-refractivity contribution in [1.82, 2.24) is 5.43 Å². The summed E-state index contributed by atoms with van der Waals surface area (Å²) in [6, 6.07) is 24.1. The van der Waals surface area contributed by atoms with Gasteiger partial charge in [-0.1, -0.05) is 60.7 Å². The first-order valence-corrected chi connectivity index (χ1v) is 8.53. The van der Waals surface area contributed by atoms with Crippen molar-refractivity contribution in [2.45, 2.75) is 6.92 Å². The Labute approximate surface area is 157 Å². The number of carbonyl (C=O) groups is 1. The zero-order valence-corrected chi connectivity index (χ0v) is 14.9. The van der Waals surface area contributed by atoms with Crippen molar-refractivity contribution in [3.05, 3.63) is 84.4 Å². The summed E-state index contributed by atoms with van der Waals surface area (Å²) in [5.41, 5.74) is 5.73. The highest BCUT2D eigenvalue weighted by atomic mass is 16.5. The first-order valence-electron chi connectivity index (χ1n) is 8.53. The lowest BCUT2D eigenvalue weighted by molar-refractivity contribution is -0.123. The van der Waals surface area contributed by atoms with E-state index in [0.29, 0.717) is 11.5 Å². The zero-order chi connectivity index (χ0) is 19.1. The third-order valence-electron chi connectivity index (χ3n) is 3.94. The highest BCUT2D eigenvalue weighted by Gasteiger charge is 2.08. The number of nitrogens with one attached hydrogen (secondary N) is 1. The highest BCUT2D eigenvalue weighted by Crippen LogP contribution is 2.29. The minimum Gasteiger partial charge on any atom is -0.508 e. The number of benzene rings is 3. The van der Waals surface area contributed by atoms with E-state index < -0.39 is 0 Å². The Bertz CT molecular complexity index is 953. The predicted molar refractivity (Wildman–Crippen MR) is 106 cm³/mol. The Morgan fingerprint density at radius 3 is 2.52 bits per heavy atom. The van der Waals surface area contributed by atoms with E-state index in [2.05, 4.69) is 10.5 Å². The van der Waals surface area contributed by atoms with Gasteiger partial charge < -0.3 is 9.84 Å². The average Bonchev–Trinajstić information content (AvgIpc) is 2.71. The maximum absolute atomic E-state index is 12.1. The third kappa shape index (κ3) is 4.95. The van der Waals surface area contributed by atoms with Crippen LogP contribution in [0, 0.1) is 0 Å². The van der Waals surface area contributed by atoms with Crippen molar-refractivity contribution in [2.75, 3.05) is 6.61 Å². The fourth-order valence-corrected chi connectivity index (χ4v) is 2.57. The summed E-state index contributed by atoms with van der Waals surface area (Å²) in [5.74, 6) is 0.416. The van der Waals surface area contributed by atoms with E-state index in [-0.39, 0.29) is 18.3 Å². The Morgan fingerprint density at radius 1 is 1.00 bits per heavy atom. The molecule has 0 bridgehead atoms. The molecule has 5 heteroatoms. The molecule has 0 saturated carbocycles. The topological polar surface area (TPSA) is 70.9 Å². The second-order valence-corrected chi connectivity index (χ2v) is 5.93. The van der Waals surface area contributed by atoms with Crippen LogP contribution in [0.5, 0.6) is 11.5 Å². The van der Waals surface area contributed by atoms with Gasteiger partial charge in [0, 0.05) is 11.1 Å². The number of hydrazone groups is 1. The number of hydrogen-bond acceptors (Lipinski definition) is 4. The molecule has 2 N–H and O–H groups in total. The number of ether oxygens (including phenoxy) is 1. The van der Waals surface area contributed by atoms with Gasteiger partial charge in [-0.2, -0.15) is 5.10 Å². The fourth-order valence-electron chi connectivity index (χ4n) is 2.57. The number of carbonyl (C=O) groups excluding carboxylic acids is 1. The second kappa shape index (κ2) is 8.67. The first kappa shape index (κ1) is 18.2. The van der Waals surface area contributed by atoms with Crippen LogP contribution in [0.15, 0.2) is 84.0 Å². The van der Waals surface area contributed by atoms with Crippen LogP contribution in [0.25, 0.3) is 11.1 Å². The molecule has 0 aliphatic carbocycles. The molecule has 0 spiro atoms. The number of rotatable bonds is 6. The van der Waals surface area contributed by atoms with E-state index in [0.717, 1.165) is 16.7 Å². The van der Waals surface area contributed by atoms with Gasteiger partial charge in [0.1, 0.15) is 11.5 Å². The number of amides is 1. The Morgan fingerprint density at radius 2 is 1.74 bits per heavy atom. The first-order chi connectivity index (χ1) is 13.1. The van der Waals surface area contributed by atoms with E-state index in [1.807, 2.05) is 54.6 Å². The number of nitrogens with zero attached hydrogens (tertiary/aromatic N) is 1. The van der Waals surface area contributed by atoms with E-state index in [4.69, 9.17) is 4.74 Å². The Hall–Kier alpha value is -3.60. The minimum absolute atomic E-state index is 0.147. The highest BCUT2D eigenvalue weighted by molar-refractivity contribution is 5.99. The minimum atomic E-state index is -0.364. The van der Waals surface area contributed by atoms with E-state index in [1.54, 1.807) is 31.2 Å². The maximum Gasteiger partial charge on any atom is 0.277 e. The molecule has 3 aromatic carbocycles. The summed E-state index contributed by atoms with van der Waals surface area (Å²) in [5, 5.41) is 13.6. The molecule has 3 rings (SSSR count). The molecule has 0 atom stereocenters. The molecule has 0 aromatic heterocycles. The number of para-hydroxylation sites is 1. The summed E-state index contributed by atoms with van der Waals surface area (Å²) in [6.07, 6.45) is 0. The molecule has 0 unspecified atom stereocenters. The number of aromatic hydroxyl groups is 1. The predicted octanol–water partition coefficient (Wildman–Crippen LogP) is 3.98. The van der Waals surface area contributed by atoms with Crippen LogP contribution in [-0.2, 0) is 4.79 Å². The van der Waals surface area contributed by atoms with Gasteiger partial charge in [0.15, 0.2) is 6.61 Å². The van der Waals surface area contributed by atoms with Crippen molar-refractivity contribution in [3.63, 3.8) is 0 Å². The van der Waals surface area contributed by atoms with Gasteiger partial charge in [-0.05, 0) is 30.7 Å². The number of hydrogen-bond donors (Lipinski definition) is 2. The molecule has 0 heterocycles. The molecule has 0 saturated heterocycles. The molecule has 0 fully saturated rings. The number of phenols is 1. The summed E-state index contributed by atoms with van der Waals surface area (Å²) in [4.78, 5) is 12.1. The zero-order valence-electron chi connectivity index (χ0n) is 14.9. The SMILES string of the molecule is C/C(=N/NC(=O)COc1ccccc1-c1ccccc1)c1cccc(O)c1. The quantitative estimate of drug-likeness (QED) is 0.516. The summed E-state index contributed by atoms with van der Waals surface area (Å²) >= 11 is 0. The maximum atomic E-state index is 12.1. The van der Waals surface area contributed by atoms with Crippen LogP contribution >= 0.6 is 0 Å². The van der Waals surface area contributed by atoms with Crippen LogP contribution in [0.2, 0.25) is 0 Å². The summed E-state index contributed by atoms with van der Waals surface area (Å²) in [6.45, 7) is 1.60. The van der Waals surface area contributed by atoms with Gasteiger partial charge in [-0.15, -0.1) is 0 Å². The van der Waals surface area contributed by atoms with E-state index >= 15 is 0 Å². The van der Waals surface area contributed by atoms with Crippen LogP contribution < -0.4 is 10.2 Å². The average molecular weight is 360 g/mol. The molecule has 136 valence electrons. The molecular weight excluding hydrogens is 340 g/mol. The van der Waals surface area contributed by atoms with E-state index in [1.165, 1.54) is 0 Å². The van der Waals surface area contributed by atoms with Crippen molar-refractivity contribution in [3.8, 4) is 22.6 Å². The molecule has 5 nitrogen and oxygen atoms in total. The van der Waals surface area contributed by atoms with Crippen LogP contribution in [-0.4, -0.2) is 23.3 Å². The number of phenolic OH excluding ortho intramolecular Hbond substituents is 1. The van der Waals surface area contributed by atoms with Crippen LogP contribution in [0.1, 0.15) is 12.5 Å². The van der Waals surface area contributed by atoms with Crippen LogP contribution in [0.3, 0.4) is 0 Å². The summed E-state index contributed by atoms with van der Waals surface area (Å²) < 4.78 is 5.69. The Kier molecular flexibility index (Phi) is 5.84. The van der Waals surface area contributed by atoms with Gasteiger partial charge in [0.05, 0.1) is 5.71 Å². The monoisotopic (exact) mass is 360 g/mol. The Balaban J connectivity index is 1.63.